The van der Waals surface area contributed by atoms with E-state index in [1.807, 2.05) is 6.07 Å². The number of benzene rings is 1. The van der Waals surface area contributed by atoms with Gasteiger partial charge in [-0.15, -0.1) is 0 Å². The molecule has 6 nitrogen and oxygen atoms in total. The minimum absolute atomic E-state index is 0.0285. The third kappa shape index (κ3) is 5.04. The van der Waals surface area contributed by atoms with Gasteiger partial charge in [0, 0.05) is 24.3 Å². The highest BCUT2D eigenvalue weighted by Gasteiger charge is 2.24. The number of halogens is 1. The van der Waals surface area contributed by atoms with Crippen LogP contribution >= 0.6 is 11.6 Å². The zero-order valence-electron chi connectivity index (χ0n) is 15.5. The van der Waals surface area contributed by atoms with Gasteiger partial charge in [0.25, 0.3) is 0 Å². The summed E-state index contributed by atoms with van der Waals surface area (Å²) in [6.07, 6.45) is 4.07. The summed E-state index contributed by atoms with van der Waals surface area (Å²) >= 11 is 5.82. The van der Waals surface area contributed by atoms with E-state index < -0.39 is 21.7 Å². The van der Waals surface area contributed by atoms with Gasteiger partial charge in [0.1, 0.15) is 4.90 Å². The first-order valence-corrected chi connectivity index (χ1v) is 10.5. The van der Waals surface area contributed by atoms with Crippen LogP contribution in [0, 0.1) is 11.3 Å². The number of allylic oxidation sites excluding steroid dienone is 1. The predicted octanol–water partition coefficient (Wildman–Crippen LogP) is 3.66. The van der Waals surface area contributed by atoms with E-state index >= 15 is 0 Å². The Morgan fingerprint density at radius 1 is 1.21 bits per heavy atom. The normalized spacial score (nSPS) is 12.8. The predicted molar refractivity (Wildman–Crippen MR) is 108 cm³/mol. The Balaban J connectivity index is 2.21. The molecule has 0 amide bonds. The Hall–Kier alpha value is -2.53. The maximum atomic E-state index is 12.5. The topological polar surface area (TPSA) is 91.1 Å². The number of hydrogen-bond acceptors (Lipinski definition) is 5. The summed E-state index contributed by atoms with van der Waals surface area (Å²) in [6.45, 7) is 4.19. The van der Waals surface area contributed by atoms with Gasteiger partial charge in [0.15, 0.2) is 11.7 Å². The molecule has 146 valence electrons. The van der Waals surface area contributed by atoms with E-state index in [0.29, 0.717) is 18.1 Å². The van der Waals surface area contributed by atoms with Crippen molar-refractivity contribution in [1.82, 2.24) is 9.29 Å². The number of carbonyl (C=O) groups is 1. The Kier molecular flexibility index (Phi) is 7.46. The van der Waals surface area contributed by atoms with Gasteiger partial charge in [-0.2, -0.15) is 9.57 Å². The highest BCUT2D eigenvalue weighted by Crippen LogP contribution is 2.20. The molecule has 0 N–H and O–H groups in total. The Labute approximate surface area is 170 Å². The fraction of sp³-hybridized carbons (Fsp3) is 0.250. The second-order valence-electron chi connectivity index (χ2n) is 5.86. The molecule has 0 aliphatic rings. The standard InChI is InChI=1S/C20H20ClN3O3S/c1-3-24(4-2)28(26,27)17-10-11-19(23-14-17)18(13-22)20(25)12-7-15-5-8-16(21)9-6-15/h5-12,14,18H,3-4H2,1-2H3/b12-7+. The van der Waals surface area contributed by atoms with Crippen LogP contribution in [0.5, 0.6) is 0 Å². The number of hydrogen-bond donors (Lipinski definition) is 0. The summed E-state index contributed by atoms with van der Waals surface area (Å²) in [5, 5.41) is 9.97. The van der Waals surface area contributed by atoms with Crippen LogP contribution in [0.15, 0.2) is 53.6 Å². The minimum Gasteiger partial charge on any atom is -0.293 e. The second kappa shape index (κ2) is 9.60. The third-order valence-electron chi connectivity index (χ3n) is 4.12. The molecule has 2 aromatic rings. The van der Waals surface area contributed by atoms with Crippen molar-refractivity contribution >= 4 is 33.5 Å². The Bertz CT molecular complexity index is 990. The first kappa shape index (κ1) is 21.8. The molecule has 0 aliphatic heterocycles. The molecule has 2 rings (SSSR count). The molecule has 1 aromatic heterocycles. The molecule has 0 bridgehead atoms. The molecular weight excluding hydrogens is 398 g/mol. The molecule has 1 aromatic carbocycles. The van der Waals surface area contributed by atoms with Gasteiger partial charge in [-0.25, -0.2) is 8.42 Å². The summed E-state index contributed by atoms with van der Waals surface area (Å²) in [5.41, 5.74) is 0.967. The minimum atomic E-state index is -3.64. The molecule has 0 fully saturated rings. The molecule has 8 heteroatoms. The highest BCUT2D eigenvalue weighted by molar-refractivity contribution is 7.89. The smallest absolute Gasteiger partial charge is 0.244 e. The van der Waals surface area contributed by atoms with Crippen LogP contribution in [0.25, 0.3) is 6.08 Å². The summed E-state index contributed by atoms with van der Waals surface area (Å²) in [4.78, 5) is 16.5. The molecule has 0 saturated carbocycles. The van der Waals surface area contributed by atoms with Gasteiger partial charge in [0.05, 0.1) is 11.8 Å². The number of rotatable bonds is 8. The van der Waals surface area contributed by atoms with Crippen LogP contribution in [0.3, 0.4) is 0 Å². The number of carbonyl (C=O) groups excluding carboxylic acids is 1. The van der Waals surface area contributed by atoms with Crippen molar-refractivity contribution in [1.29, 1.82) is 5.26 Å². The Morgan fingerprint density at radius 3 is 2.36 bits per heavy atom. The molecule has 1 heterocycles. The molecule has 1 atom stereocenters. The first-order chi connectivity index (χ1) is 13.3. The number of nitriles is 1. The van der Waals surface area contributed by atoms with Crippen molar-refractivity contribution in [3.05, 3.63) is 65.0 Å². The van der Waals surface area contributed by atoms with E-state index in [4.69, 9.17) is 11.6 Å². The molecule has 28 heavy (non-hydrogen) atoms. The van der Waals surface area contributed by atoms with Crippen LogP contribution in [0.1, 0.15) is 31.0 Å². The van der Waals surface area contributed by atoms with E-state index in [1.54, 1.807) is 44.2 Å². The summed E-state index contributed by atoms with van der Waals surface area (Å²) in [6, 6.07) is 11.6. The number of pyridine rings is 1. The van der Waals surface area contributed by atoms with Gasteiger partial charge in [-0.3, -0.25) is 9.78 Å². The van der Waals surface area contributed by atoms with Crippen molar-refractivity contribution in [2.45, 2.75) is 24.7 Å². The van der Waals surface area contributed by atoms with Gasteiger partial charge >= 0.3 is 0 Å². The molecule has 0 spiro atoms. The molecule has 1 unspecified atom stereocenters. The molecule has 0 saturated heterocycles. The lowest BCUT2D eigenvalue weighted by atomic mass is 10.00. The molecule has 0 radical (unpaired) electrons. The zero-order chi connectivity index (χ0) is 20.7. The van der Waals surface area contributed by atoms with Crippen LogP contribution in [-0.4, -0.2) is 36.6 Å². The quantitative estimate of drug-likeness (QED) is 0.611. The van der Waals surface area contributed by atoms with Crippen molar-refractivity contribution in [3.63, 3.8) is 0 Å². The van der Waals surface area contributed by atoms with Crippen molar-refractivity contribution in [2.75, 3.05) is 13.1 Å². The molecule has 0 aliphatic carbocycles. The lowest BCUT2D eigenvalue weighted by Crippen LogP contribution is -2.30. The van der Waals surface area contributed by atoms with Crippen molar-refractivity contribution < 1.29 is 13.2 Å². The Morgan fingerprint density at radius 2 is 1.86 bits per heavy atom. The summed E-state index contributed by atoms with van der Waals surface area (Å²) in [5.74, 6) is -1.56. The zero-order valence-corrected chi connectivity index (χ0v) is 17.1. The fourth-order valence-corrected chi connectivity index (χ4v) is 4.08. The second-order valence-corrected chi connectivity index (χ2v) is 8.23. The number of sulfonamides is 1. The lowest BCUT2D eigenvalue weighted by molar-refractivity contribution is -0.114. The van der Waals surface area contributed by atoms with Gasteiger partial charge in [-0.05, 0) is 35.9 Å². The number of aromatic nitrogens is 1. The fourth-order valence-electron chi connectivity index (χ4n) is 2.55. The van der Waals surface area contributed by atoms with Crippen LogP contribution < -0.4 is 0 Å². The summed E-state index contributed by atoms with van der Waals surface area (Å²) in [7, 11) is -3.64. The van der Waals surface area contributed by atoms with Gasteiger partial charge in [0.2, 0.25) is 10.0 Å². The van der Waals surface area contributed by atoms with Crippen LogP contribution in [0.2, 0.25) is 5.02 Å². The van der Waals surface area contributed by atoms with E-state index in [0.717, 1.165) is 5.56 Å². The van der Waals surface area contributed by atoms with Crippen molar-refractivity contribution in [3.8, 4) is 6.07 Å². The summed E-state index contributed by atoms with van der Waals surface area (Å²) < 4.78 is 26.3. The van der Waals surface area contributed by atoms with E-state index in [2.05, 4.69) is 4.98 Å². The van der Waals surface area contributed by atoms with E-state index in [9.17, 15) is 18.5 Å². The van der Waals surface area contributed by atoms with E-state index in [-0.39, 0.29) is 10.6 Å². The molecular formula is C20H20ClN3O3S. The van der Waals surface area contributed by atoms with Crippen molar-refractivity contribution in [2.24, 2.45) is 0 Å². The lowest BCUT2D eigenvalue weighted by Gasteiger charge is -2.18. The van der Waals surface area contributed by atoms with E-state index in [1.165, 1.54) is 28.7 Å². The average molecular weight is 418 g/mol. The first-order valence-electron chi connectivity index (χ1n) is 8.66. The maximum Gasteiger partial charge on any atom is 0.244 e. The van der Waals surface area contributed by atoms with Gasteiger partial charge < -0.3 is 0 Å². The SMILES string of the molecule is CCN(CC)S(=O)(=O)c1ccc(C(C#N)C(=O)/C=C/c2ccc(Cl)cc2)nc1. The third-order valence-corrected chi connectivity index (χ3v) is 6.41. The maximum absolute atomic E-state index is 12.5. The van der Waals surface area contributed by atoms with Crippen LogP contribution in [-0.2, 0) is 14.8 Å². The van der Waals surface area contributed by atoms with Crippen LogP contribution in [0.4, 0.5) is 0 Å². The number of ketones is 1. The monoisotopic (exact) mass is 417 g/mol. The average Bonchev–Trinajstić information content (AvgIpc) is 2.69. The van der Waals surface area contributed by atoms with Gasteiger partial charge in [-0.1, -0.05) is 43.7 Å². The largest absolute Gasteiger partial charge is 0.293 e. The highest BCUT2D eigenvalue weighted by atomic mass is 35.5. The number of nitrogens with zero attached hydrogens (tertiary/aromatic N) is 3.